The average molecular weight is 208 g/mol. The molecule has 80 valence electrons. The Balaban J connectivity index is 3.33. The molecule has 0 aliphatic carbocycles. The Morgan fingerprint density at radius 2 is 1.87 bits per heavy atom. The van der Waals surface area contributed by atoms with E-state index in [0.717, 1.165) is 0 Å². The first-order chi connectivity index (χ1) is 7.20. The Morgan fingerprint density at radius 1 is 1.27 bits per heavy atom. The first-order valence-corrected chi connectivity index (χ1v) is 4.44. The standard InChI is InChI=1S/C9H12N4O2/c1-11-7-9(15)13-6-2-5-12-8(14)3-4-10/h2-3,5-7H2,(H,12,14)(H,13,15). The van der Waals surface area contributed by atoms with Crippen molar-refractivity contribution in [3.63, 3.8) is 0 Å². The SMILES string of the molecule is [C-]#[N+]CC(=O)NCCCNC(=O)CC#N. The van der Waals surface area contributed by atoms with Gasteiger partial charge in [0, 0.05) is 13.1 Å². The van der Waals surface area contributed by atoms with E-state index in [1.54, 1.807) is 6.07 Å². The third-order valence-electron chi connectivity index (χ3n) is 1.46. The number of amides is 2. The second-order valence-corrected chi connectivity index (χ2v) is 2.70. The summed E-state index contributed by atoms with van der Waals surface area (Å²) in [5.74, 6) is -0.627. The van der Waals surface area contributed by atoms with E-state index in [1.165, 1.54) is 0 Å². The fourth-order valence-electron chi connectivity index (χ4n) is 0.806. The largest absolute Gasteiger partial charge is 0.355 e. The van der Waals surface area contributed by atoms with Crippen molar-refractivity contribution < 1.29 is 9.59 Å². The van der Waals surface area contributed by atoms with Crippen molar-refractivity contribution >= 4 is 11.8 Å². The van der Waals surface area contributed by atoms with Crippen LogP contribution in [0.1, 0.15) is 12.8 Å². The summed E-state index contributed by atoms with van der Waals surface area (Å²) in [5.41, 5.74) is 0. The zero-order chi connectivity index (χ0) is 11.5. The summed E-state index contributed by atoms with van der Waals surface area (Å²) in [6.45, 7) is 7.10. The van der Waals surface area contributed by atoms with Crippen LogP contribution in [0.15, 0.2) is 0 Å². The van der Waals surface area contributed by atoms with Crippen LogP contribution in [-0.4, -0.2) is 31.4 Å². The van der Waals surface area contributed by atoms with Crippen LogP contribution in [0.2, 0.25) is 0 Å². The van der Waals surface area contributed by atoms with Crippen LogP contribution in [0, 0.1) is 17.9 Å². The van der Waals surface area contributed by atoms with Gasteiger partial charge < -0.3 is 15.5 Å². The highest BCUT2D eigenvalue weighted by atomic mass is 16.2. The fraction of sp³-hybridized carbons (Fsp3) is 0.556. The molecule has 0 aromatic heterocycles. The molecule has 0 fully saturated rings. The zero-order valence-corrected chi connectivity index (χ0v) is 8.25. The zero-order valence-electron chi connectivity index (χ0n) is 8.25. The fourth-order valence-corrected chi connectivity index (χ4v) is 0.806. The van der Waals surface area contributed by atoms with Crippen LogP contribution in [0.5, 0.6) is 0 Å². The number of carbonyl (C=O) groups is 2. The molecule has 15 heavy (non-hydrogen) atoms. The lowest BCUT2D eigenvalue weighted by atomic mass is 10.4. The van der Waals surface area contributed by atoms with Crippen molar-refractivity contribution in [1.29, 1.82) is 5.26 Å². The Kier molecular flexibility index (Phi) is 7.33. The lowest BCUT2D eigenvalue weighted by Gasteiger charge is -2.02. The summed E-state index contributed by atoms with van der Waals surface area (Å²) in [6, 6.07) is 1.73. The monoisotopic (exact) mass is 208 g/mol. The first-order valence-electron chi connectivity index (χ1n) is 4.44. The Bertz CT molecular complexity index is 270. The molecule has 0 saturated carbocycles. The van der Waals surface area contributed by atoms with Gasteiger partial charge in [0.2, 0.25) is 5.91 Å². The number of nitrogens with one attached hydrogen (secondary N) is 2. The Morgan fingerprint density at radius 3 is 2.40 bits per heavy atom. The van der Waals surface area contributed by atoms with Gasteiger partial charge in [0.15, 0.2) is 0 Å². The van der Waals surface area contributed by atoms with Gasteiger partial charge >= 0.3 is 0 Å². The molecule has 0 spiro atoms. The van der Waals surface area contributed by atoms with E-state index in [-0.39, 0.29) is 24.8 Å². The van der Waals surface area contributed by atoms with E-state index in [2.05, 4.69) is 15.5 Å². The van der Waals surface area contributed by atoms with Crippen molar-refractivity contribution in [1.82, 2.24) is 10.6 Å². The minimum absolute atomic E-state index is 0.149. The van der Waals surface area contributed by atoms with Gasteiger partial charge in [-0.25, -0.2) is 6.57 Å². The molecule has 0 radical (unpaired) electrons. The topological polar surface area (TPSA) is 86.3 Å². The molecule has 0 saturated heterocycles. The van der Waals surface area contributed by atoms with E-state index in [9.17, 15) is 9.59 Å². The lowest BCUT2D eigenvalue weighted by molar-refractivity contribution is -0.120. The molecule has 0 unspecified atom stereocenters. The molecule has 0 atom stereocenters. The molecule has 2 amide bonds. The van der Waals surface area contributed by atoms with Crippen LogP contribution in [0.4, 0.5) is 0 Å². The summed E-state index contributed by atoms with van der Waals surface area (Å²) in [5, 5.41) is 13.2. The molecule has 6 heteroatoms. The summed E-state index contributed by atoms with van der Waals surface area (Å²) in [7, 11) is 0. The Labute approximate surface area is 88.1 Å². The van der Waals surface area contributed by atoms with Crippen molar-refractivity contribution in [2.45, 2.75) is 12.8 Å². The highest BCUT2D eigenvalue weighted by Gasteiger charge is 2.02. The molecule has 6 nitrogen and oxygen atoms in total. The number of carbonyl (C=O) groups excluding carboxylic acids is 2. The van der Waals surface area contributed by atoms with Gasteiger partial charge in [-0.3, -0.25) is 9.59 Å². The third-order valence-corrected chi connectivity index (χ3v) is 1.46. The second kappa shape index (κ2) is 8.52. The normalized spacial score (nSPS) is 8.40. The number of hydrogen-bond donors (Lipinski definition) is 2. The maximum Gasteiger partial charge on any atom is 0.300 e. The molecule has 0 rings (SSSR count). The van der Waals surface area contributed by atoms with Gasteiger partial charge in [0.1, 0.15) is 6.42 Å². The van der Waals surface area contributed by atoms with Crippen molar-refractivity contribution in [2.24, 2.45) is 0 Å². The maximum atomic E-state index is 10.8. The summed E-state index contributed by atoms with van der Waals surface area (Å²) in [6.07, 6.45) is 0.436. The summed E-state index contributed by atoms with van der Waals surface area (Å²) in [4.78, 5) is 24.5. The van der Waals surface area contributed by atoms with Gasteiger partial charge in [0.05, 0.1) is 6.07 Å². The first kappa shape index (κ1) is 12.9. The number of nitriles is 1. The molecule has 0 heterocycles. The van der Waals surface area contributed by atoms with E-state index in [1.807, 2.05) is 0 Å². The molecule has 0 aromatic rings. The van der Waals surface area contributed by atoms with Gasteiger partial charge in [-0.1, -0.05) is 0 Å². The van der Waals surface area contributed by atoms with Gasteiger partial charge in [-0.2, -0.15) is 5.26 Å². The summed E-state index contributed by atoms with van der Waals surface area (Å²) < 4.78 is 0. The molecular formula is C9H12N4O2. The van der Waals surface area contributed by atoms with Gasteiger partial charge in [-0.05, 0) is 6.42 Å². The molecule has 0 aromatic carbocycles. The molecule has 0 aliphatic heterocycles. The predicted octanol–water partition coefficient (Wildman–Crippen LogP) is -0.558. The predicted molar refractivity (Wildman–Crippen MR) is 52.3 cm³/mol. The van der Waals surface area contributed by atoms with Crippen LogP contribution < -0.4 is 10.6 Å². The average Bonchev–Trinajstić information content (AvgIpc) is 2.18. The number of nitrogens with zero attached hydrogens (tertiary/aromatic N) is 2. The number of hydrogen-bond acceptors (Lipinski definition) is 3. The molecule has 0 aliphatic rings. The van der Waals surface area contributed by atoms with E-state index >= 15 is 0 Å². The minimum atomic E-state index is -0.315. The molecule has 0 bridgehead atoms. The van der Waals surface area contributed by atoms with Crippen LogP contribution in [-0.2, 0) is 9.59 Å². The van der Waals surface area contributed by atoms with Crippen LogP contribution in [0.25, 0.3) is 4.85 Å². The van der Waals surface area contributed by atoms with Crippen LogP contribution in [0.3, 0.4) is 0 Å². The Hall–Kier alpha value is -2.08. The molecular weight excluding hydrogens is 196 g/mol. The van der Waals surface area contributed by atoms with E-state index in [4.69, 9.17) is 11.8 Å². The van der Waals surface area contributed by atoms with Crippen LogP contribution >= 0.6 is 0 Å². The van der Waals surface area contributed by atoms with Crippen molar-refractivity contribution in [3.8, 4) is 6.07 Å². The minimum Gasteiger partial charge on any atom is -0.355 e. The summed E-state index contributed by atoms with van der Waals surface area (Å²) >= 11 is 0. The highest BCUT2D eigenvalue weighted by molar-refractivity contribution is 5.79. The van der Waals surface area contributed by atoms with Gasteiger partial charge in [-0.15, -0.1) is 0 Å². The van der Waals surface area contributed by atoms with Crippen molar-refractivity contribution in [2.75, 3.05) is 19.6 Å². The highest BCUT2D eigenvalue weighted by Crippen LogP contribution is 1.79. The number of rotatable bonds is 6. The van der Waals surface area contributed by atoms with E-state index < -0.39 is 0 Å². The smallest absolute Gasteiger partial charge is 0.300 e. The van der Waals surface area contributed by atoms with Crippen molar-refractivity contribution in [3.05, 3.63) is 11.4 Å². The quantitative estimate of drug-likeness (QED) is 0.453. The lowest BCUT2D eigenvalue weighted by Crippen LogP contribution is -2.30. The second-order valence-electron chi connectivity index (χ2n) is 2.70. The van der Waals surface area contributed by atoms with E-state index in [0.29, 0.717) is 19.5 Å². The van der Waals surface area contributed by atoms with Gasteiger partial charge in [0.25, 0.3) is 12.5 Å². The molecule has 2 N–H and O–H groups in total. The third kappa shape index (κ3) is 8.26. The maximum absolute atomic E-state index is 10.8.